The third-order valence-electron chi connectivity index (χ3n) is 1.73. The van der Waals surface area contributed by atoms with Crippen LogP contribution in [0.2, 0.25) is 0 Å². The number of carbonyl (C=O) groups excluding carboxylic acids is 1. The zero-order valence-corrected chi connectivity index (χ0v) is 6.92. The molecule has 64 valence electrons. The molecule has 0 radical (unpaired) electrons. The standard InChI is InChI=1S/C7H12O4/c1-7(4-9-2)5(11-7)6(8)10-3/h5H,4H2,1-3H3/t5-,7-/m1/s1. The van der Waals surface area contributed by atoms with E-state index in [-0.39, 0.29) is 5.97 Å². The van der Waals surface area contributed by atoms with Gasteiger partial charge < -0.3 is 14.2 Å². The van der Waals surface area contributed by atoms with E-state index in [0.717, 1.165) is 0 Å². The first-order chi connectivity index (χ1) is 5.14. The lowest BCUT2D eigenvalue weighted by Crippen LogP contribution is -2.23. The van der Waals surface area contributed by atoms with Gasteiger partial charge in [-0.2, -0.15) is 0 Å². The molecule has 1 heterocycles. The van der Waals surface area contributed by atoms with Crippen LogP contribution in [0.15, 0.2) is 0 Å². The Bertz CT molecular complexity index is 168. The summed E-state index contributed by atoms with van der Waals surface area (Å²) in [6.45, 7) is 2.24. The monoisotopic (exact) mass is 160 g/mol. The maximum Gasteiger partial charge on any atom is 0.338 e. The fraction of sp³-hybridized carbons (Fsp3) is 0.857. The second-order valence-electron chi connectivity index (χ2n) is 2.77. The highest BCUT2D eigenvalue weighted by molar-refractivity contribution is 5.79. The number of epoxide rings is 1. The van der Waals surface area contributed by atoms with Crippen molar-refractivity contribution in [2.75, 3.05) is 20.8 Å². The molecule has 1 saturated heterocycles. The van der Waals surface area contributed by atoms with E-state index in [1.54, 1.807) is 7.11 Å². The molecule has 0 unspecified atom stereocenters. The summed E-state index contributed by atoms with van der Waals surface area (Å²) in [4.78, 5) is 10.9. The number of hydrogen-bond acceptors (Lipinski definition) is 4. The van der Waals surface area contributed by atoms with Gasteiger partial charge in [0.2, 0.25) is 0 Å². The fourth-order valence-electron chi connectivity index (χ4n) is 1.04. The molecule has 4 nitrogen and oxygen atoms in total. The molecule has 0 aromatic heterocycles. The van der Waals surface area contributed by atoms with Crippen molar-refractivity contribution < 1.29 is 19.0 Å². The average Bonchev–Trinajstić information content (AvgIpc) is 2.62. The normalized spacial score (nSPS) is 35.0. The van der Waals surface area contributed by atoms with Gasteiger partial charge in [0.1, 0.15) is 5.60 Å². The van der Waals surface area contributed by atoms with Crippen molar-refractivity contribution in [1.82, 2.24) is 0 Å². The van der Waals surface area contributed by atoms with Crippen LogP contribution in [0.25, 0.3) is 0 Å². The Morgan fingerprint density at radius 1 is 1.64 bits per heavy atom. The van der Waals surface area contributed by atoms with Gasteiger partial charge in [-0.1, -0.05) is 0 Å². The summed E-state index contributed by atoms with van der Waals surface area (Å²) < 4.78 is 14.5. The maximum atomic E-state index is 10.9. The first kappa shape index (κ1) is 8.49. The predicted molar refractivity (Wildman–Crippen MR) is 37.2 cm³/mol. The van der Waals surface area contributed by atoms with Crippen molar-refractivity contribution in [3.05, 3.63) is 0 Å². The molecule has 4 heteroatoms. The molecule has 0 saturated carbocycles. The number of esters is 1. The lowest BCUT2D eigenvalue weighted by atomic mass is 10.1. The van der Waals surface area contributed by atoms with Crippen LogP contribution in [0.4, 0.5) is 0 Å². The van der Waals surface area contributed by atoms with Crippen LogP contribution >= 0.6 is 0 Å². The van der Waals surface area contributed by atoms with Crippen molar-refractivity contribution in [3.63, 3.8) is 0 Å². The zero-order valence-electron chi connectivity index (χ0n) is 6.92. The molecule has 0 spiro atoms. The second kappa shape index (κ2) is 2.79. The lowest BCUT2D eigenvalue weighted by Gasteiger charge is -2.01. The highest BCUT2D eigenvalue weighted by Crippen LogP contribution is 2.36. The highest BCUT2D eigenvalue weighted by atomic mass is 16.7. The van der Waals surface area contributed by atoms with Gasteiger partial charge in [0, 0.05) is 7.11 Å². The smallest absolute Gasteiger partial charge is 0.338 e. The Labute approximate surface area is 65.4 Å². The van der Waals surface area contributed by atoms with Crippen molar-refractivity contribution >= 4 is 5.97 Å². The van der Waals surface area contributed by atoms with E-state index in [0.29, 0.717) is 6.61 Å². The molecule has 1 fully saturated rings. The van der Waals surface area contributed by atoms with Crippen LogP contribution in [-0.4, -0.2) is 38.5 Å². The second-order valence-corrected chi connectivity index (χ2v) is 2.77. The van der Waals surface area contributed by atoms with E-state index < -0.39 is 11.7 Å². The predicted octanol–water partition coefficient (Wildman–Crippen LogP) is -0.0367. The van der Waals surface area contributed by atoms with E-state index in [9.17, 15) is 4.79 Å². The lowest BCUT2D eigenvalue weighted by molar-refractivity contribution is -0.142. The van der Waals surface area contributed by atoms with E-state index in [1.165, 1.54) is 7.11 Å². The molecule has 0 aliphatic carbocycles. The Kier molecular flexibility index (Phi) is 2.15. The van der Waals surface area contributed by atoms with Crippen molar-refractivity contribution in [1.29, 1.82) is 0 Å². The fourth-order valence-corrected chi connectivity index (χ4v) is 1.04. The van der Waals surface area contributed by atoms with Crippen LogP contribution in [0.5, 0.6) is 0 Å². The minimum atomic E-state index is -0.457. The van der Waals surface area contributed by atoms with Crippen LogP contribution in [-0.2, 0) is 19.0 Å². The average molecular weight is 160 g/mol. The molecule has 1 aliphatic heterocycles. The number of methoxy groups -OCH3 is 2. The summed E-state index contributed by atoms with van der Waals surface area (Å²) in [5.41, 5.74) is -0.457. The summed E-state index contributed by atoms with van der Waals surface area (Å²) in [7, 11) is 2.92. The van der Waals surface area contributed by atoms with Gasteiger partial charge in [0.05, 0.1) is 13.7 Å². The number of ether oxygens (including phenoxy) is 3. The molecular weight excluding hydrogens is 148 g/mol. The molecule has 0 amide bonds. The molecule has 0 aromatic rings. The first-order valence-electron chi connectivity index (χ1n) is 3.38. The Morgan fingerprint density at radius 3 is 2.73 bits per heavy atom. The van der Waals surface area contributed by atoms with Crippen molar-refractivity contribution in [2.45, 2.75) is 18.6 Å². The zero-order chi connectivity index (χ0) is 8.48. The molecule has 0 aromatic carbocycles. The van der Waals surface area contributed by atoms with E-state index in [1.807, 2.05) is 6.92 Å². The molecular formula is C7H12O4. The van der Waals surface area contributed by atoms with Crippen molar-refractivity contribution in [2.24, 2.45) is 0 Å². The summed E-state index contributed by atoms with van der Waals surface area (Å²) in [6, 6.07) is 0. The van der Waals surface area contributed by atoms with Crippen LogP contribution in [0.1, 0.15) is 6.92 Å². The Morgan fingerprint density at radius 2 is 2.27 bits per heavy atom. The highest BCUT2D eigenvalue weighted by Gasteiger charge is 2.58. The van der Waals surface area contributed by atoms with Gasteiger partial charge in [-0.15, -0.1) is 0 Å². The minimum Gasteiger partial charge on any atom is -0.467 e. The maximum absolute atomic E-state index is 10.9. The molecule has 0 N–H and O–H groups in total. The van der Waals surface area contributed by atoms with E-state index in [2.05, 4.69) is 4.74 Å². The largest absolute Gasteiger partial charge is 0.467 e. The van der Waals surface area contributed by atoms with Crippen molar-refractivity contribution in [3.8, 4) is 0 Å². The van der Waals surface area contributed by atoms with Gasteiger partial charge in [-0.25, -0.2) is 4.79 Å². The number of rotatable bonds is 3. The SMILES string of the molecule is COC[C@@]1(C)O[C@@H]1C(=O)OC. The van der Waals surface area contributed by atoms with Gasteiger partial charge in [-0.05, 0) is 6.92 Å². The van der Waals surface area contributed by atoms with Gasteiger partial charge in [0.25, 0.3) is 0 Å². The molecule has 2 atom stereocenters. The summed E-state index contributed by atoms with van der Waals surface area (Å²) in [5, 5.41) is 0. The van der Waals surface area contributed by atoms with E-state index >= 15 is 0 Å². The van der Waals surface area contributed by atoms with Crippen LogP contribution in [0, 0.1) is 0 Å². The number of hydrogen-bond donors (Lipinski definition) is 0. The van der Waals surface area contributed by atoms with Gasteiger partial charge in [0.15, 0.2) is 6.10 Å². The van der Waals surface area contributed by atoms with Gasteiger partial charge in [-0.3, -0.25) is 0 Å². The summed E-state index contributed by atoms with van der Waals surface area (Å²) in [6.07, 6.45) is -0.438. The quantitative estimate of drug-likeness (QED) is 0.429. The number of carbonyl (C=O) groups is 1. The molecule has 11 heavy (non-hydrogen) atoms. The third-order valence-corrected chi connectivity index (χ3v) is 1.73. The Balaban J connectivity index is 2.39. The molecule has 0 bridgehead atoms. The third kappa shape index (κ3) is 1.52. The minimum absolute atomic E-state index is 0.329. The summed E-state index contributed by atoms with van der Waals surface area (Å²) >= 11 is 0. The van der Waals surface area contributed by atoms with Gasteiger partial charge >= 0.3 is 5.97 Å². The van der Waals surface area contributed by atoms with E-state index in [4.69, 9.17) is 9.47 Å². The van der Waals surface area contributed by atoms with Crippen LogP contribution in [0.3, 0.4) is 0 Å². The first-order valence-corrected chi connectivity index (χ1v) is 3.38. The molecule has 1 aliphatic rings. The topological polar surface area (TPSA) is 48.1 Å². The molecule has 1 rings (SSSR count). The summed E-state index contributed by atoms with van der Waals surface area (Å²) in [5.74, 6) is -0.329. The van der Waals surface area contributed by atoms with Crippen LogP contribution < -0.4 is 0 Å². The Hall–Kier alpha value is -0.610.